The van der Waals surface area contributed by atoms with Crippen molar-refractivity contribution in [3.05, 3.63) is 35.9 Å². The van der Waals surface area contributed by atoms with Gasteiger partial charge in [-0.1, -0.05) is 30.0 Å². The fourth-order valence-corrected chi connectivity index (χ4v) is 3.53. The summed E-state index contributed by atoms with van der Waals surface area (Å²) in [5.41, 5.74) is 1.39. The van der Waals surface area contributed by atoms with Crippen LogP contribution >= 0.6 is 0 Å². The largest absolute Gasteiger partial charge is 0.316 e. The van der Waals surface area contributed by atoms with E-state index < -0.39 is 0 Å². The molecule has 0 bridgehead atoms. The molecule has 1 aromatic rings. The van der Waals surface area contributed by atoms with Crippen LogP contribution in [0.1, 0.15) is 19.4 Å². The summed E-state index contributed by atoms with van der Waals surface area (Å²) >= 11 is 0. The van der Waals surface area contributed by atoms with E-state index in [1.165, 1.54) is 19.6 Å². The van der Waals surface area contributed by atoms with Gasteiger partial charge in [0, 0.05) is 24.2 Å². The fraction of sp³-hybridized carbons (Fsp3) is 0.529. The van der Waals surface area contributed by atoms with E-state index in [9.17, 15) is 0 Å². The Morgan fingerprint density at radius 3 is 2.79 bits per heavy atom. The molecule has 2 saturated heterocycles. The summed E-state index contributed by atoms with van der Waals surface area (Å²) in [6, 6.07) is 10.3. The topological polar surface area (TPSA) is 15.3 Å². The van der Waals surface area contributed by atoms with E-state index in [1.54, 1.807) is 0 Å². The van der Waals surface area contributed by atoms with Gasteiger partial charge in [-0.05, 0) is 44.4 Å². The van der Waals surface area contributed by atoms with Gasteiger partial charge in [0.25, 0.3) is 0 Å². The first-order chi connectivity index (χ1) is 9.18. The predicted molar refractivity (Wildman–Crippen MR) is 78.8 cm³/mol. The molecule has 1 aromatic carbocycles. The van der Waals surface area contributed by atoms with Gasteiger partial charge in [0.15, 0.2) is 0 Å². The SMILES string of the molecule is CC1(C)C2CNCC2CN1CC#Cc1ccccc1. The lowest BCUT2D eigenvalue weighted by Gasteiger charge is -2.34. The van der Waals surface area contributed by atoms with Gasteiger partial charge in [0.2, 0.25) is 0 Å². The van der Waals surface area contributed by atoms with E-state index >= 15 is 0 Å². The zero-order chi connectivity index (χ0) is 13.3. The van der Waals surface area contributed by atoms with Gasteiger partial charge in [0.1, 0.15) is 0 Å². The summed E-state index contributed by atoms with van der Waals surface area (Å²) in [7, 11) is 0. The van der Waals surface area contributed by atoms with Crippen molar-refractivity contribution in [1.29, 1.82) is 0 Å². The molecule has 19 heavy (non-hydrogen) atoms. The van der Waals surface area contributed by atoms with Gasteiger partial charge < -0.3 is 5.32 Å². The second kappa shape index (κ2) is 5.00. The quantitative estimate of drug-likeness (QED) is 0.771. The molecule has 0 amide bonds. The van der Waals surface area contributed by atoms with Crippen LogP contribution in [-0.4, -0.2) is 36.6 Å². The van der Waals surface area contributed by atoms with Crippen molar-refractivity contribution < 1.29 is 0 Å². The molecule has 1 N–H and O–H groups in total. The molecule has 2 heteroatoms. The Bertz CT molecular complexity index is 495. The summed E-state index contributed by atoms with van der Waals surface area (Å²) in [5.74, 6) is 8.21. The van der Waals surface area contributed by atoms with Crippen molar-refractivity contribution in [3.63, 3.8) is 0 Å². The zero-order valence-corrected chi connectivity index (χ0v) is 11.8. The monoisotopic (exact) mass is 254 g/mol. The molecular weight excluding hydrogens is 232 g/mol. The van der Waals surface area contributed by atoms with Crippen LogP contribution in [0.25, 0.3) is 0 Å². The number of rotatable bonds is 1. The van der Waals surface area contributed by atoms with Crippen molar-refractivity contribution >= 4 is 0 Å². The summed E-state index contributed by atoms with van der Waals surface area (Å²) in [5, 5.41) is 3.52. The molecule has 2 unspecified atom stereocenters. The molecule has 2 heterocycles. The number of nitrogens with zero attached hydrogens (tertiary/aromatic N) is 1. The lowest BCUT2D eigenvalue weighted by molar-refractivity contribution is 0.158. The molecular formula is C17H22N2. The molecule has 0 aliphatic carbocycles. The molecule has 2 aliphatic heterocycles. The molecule has 2 fully saturated rings. The van der Waals surface area contributed by atoms with Gasteiger partial charge in [-0.2, -0.15) is 0 Å². The van der Waals surface area contributed by atoms with Crippen molar-refractivity contribution in [2.24, 2.45) is 11.8 Å². The highest BCUT2D eigenvalue weighted by Gasteiger charge is 2.48. The van der Waals surface area contributed by atoms with Gasteiger partial charge in [-0.25, -0.2) is 0 Å². The second-order valence-electron chi connectivity index (χ2n) is 6.23. The van der Waals surface area contributed by atoms with Gasteiger partial charge in [0.05, 0.1) is 6.54 Å². The Morgan fingerprint density at radius 2 is 2.05 bits per heavy atom. The first-order valence-electron chi connectivity index (χ1n) is 7.17. The maximum absolute atomic E-state index is 3.52. The van der Waals surface area contributed by atoms with Crippen molar-refractivity contribution in [2.45, 2.75) is 19.4 Å². The number of hydrogen-bond acceptors (Lipinski definition) is 2. The molecule has 2 aliphatic rings. The Hall–Kier alpha value is -1.30. The first kappa shape index (κ1) is 12.7. The second-order valence-corrected chi connectivity index (χ2v) is 6.23. The van der Waals surface area contributed by atoms with Crippen molar-refractivity contribution in [1.82, 2.24) is 10.2 Å². The maximum atomic E-state index is 3.52. The Morgan fingerprint density at radius 1 is 1.26 bits per heavy atom. The van der Waals surface area contributed by atoms with E-state index in [2.05, 4.69) is 48.0 Å². The minimum Gasteiger partial charge on any atom is -0.316 e. The maximum Gasteiger partial charge on any atom is 0.0609 e. The Labute approximate surface area is 116 Å². The normalized spacial score (nSPS) is 28.7. The first-order valence-corrected chi connectivity index (χ1v) is 7.17. The molecule has 0 aromatic heterocycles. The molecule has 100 valence electrons. The number of hydrogen-bond donors (Lipinski definition) is 1. The standard InChI is InChI=1S/C17H22N2/c1-17(2)16-12-18-11-15(16)13-19(17)10-6-9-14-7-4-3-5-8-14/h3-5,7-8,15-16,18H,10-13H2,1-2H3. The van der Waals surface area contributed by atoms with Crippen LogP contribution in [0.5, 0.6) is 0 Å². The molecule has 0 spiro atoms. The van der Waals surface area contributed by atoms with Gasteiger partial charge >= 0.3 is 0 Å². The predicted octanol–water partition coefficient (Wildman–Crippen LogP) is 1.97. The van der Waals surface area contributed by atoms with Crippen LogP contribution < -0.4 is 5.32 Å². The van der Waals surface area contributed by atoms with Crippen LogP contribution in [0, 0.1) is 23.7 Å². The van der Waals surface area contributed by atoms with Crippen LogP contribution in [-0.2, 0) is 0 Å². The molecule has 0 radical (unpaired) electrons. The zero-order valence-electron chi connectivity index (χ0n) is 11.8. The van der Waals surface area contributed by atoms with Gasteiger partial charge in [-0.3, -0.25) is 4.90 Å². The highest BCUT2D eigenvalue weighted by atomic mass is 15.2. The third-order valence-corrected chi connectivity index (χ3v) is 4.79. The van der Waals surface area contributed by atoms with E-state index in [0.29, 0.717) is 0 Å². The van der Waals surface area contributed by atoms with E-state index in [4.69, 9.17) is 0 Å². The summed E-state index contributed by atoms with van der Waals surface area (Å²) < 4.78 is 0. The highest BCUT2D eigenvalue weighted by Crippen LogP contribution is 2.39. The average molecular weight is 254 g/mol. The smallest absolute Gasteiger partial charge is 0.0609 e. The lowest BCUT2D eigenvalue weighted by atomic mass is 9.85. The lowest BCUT2D eigenvalue weighted by Crippen LogP contribution is -2.44. The third-order valence-electron chi connectivity index (χ3n) is 4.79. The summed E-state index contributed by atoms with van der Waals surface area (Å²) in [6.45, 7) is 9.16. The molecule has 0 saturated carbocycles. The van der Waals surface area contributed by atoms with Crippen LogP contribution in [0.3, 0.4) is 0 Å². The van der Waals surface area contributed by atoms with Crippen LogP contribution in [0.4, 0.5) is 0 Å². The van der Waals surface area contributed by atoms with E-state index in [0.717, 1.165) is 23.9 Å². The summed E-state index contributed by atoms with van der Waals surface area (Å²) in [6.07, 6.45) is 0. The van der Waals surface area contributed by atoms with E-state index in [1.807, 2.05) is 18.2 Å². The number of nitrogens with one attached hydrogen (secondary N) is 1. The Kier molecular flexibility index (Phi) is 3.35. The molecule has 2 atom stereocenters. The Balaban J connectivity index is 1.67. The number of benzene rings is 1. The minimum atomic E-state index is 0.277. The van der Waals surface area contributed by atoms with Crippen molar-refractivity contribution in [3.8, 4) is 11.8 Å². The number of likely N-dealkylation sites (tertiary alicyclic amines) is 1. The fourth-order valence-electron chi connectivity index (χ4n) is 3.53. The third kappa shape index (κ3) is 2.41. The van der Waals surface area contributed by atoms with Crippen molar-refractivity contribution in [2.75, 3.05) is 26.2 Å². The minimum absolute atomic E-state index is 0.277. The van der Waals surface area contributed by atoms with Crippen LogP contribution in [0.15, 0.2) is 30.3 Å². The van der Waals surface area contributed by atoms with Gasteiger partial charge in [-0.15, -0.1) is 0 Å². The average Bonchev–Trinajstić information content (AvgIpc) is 2.95. The summed E-state index contributed by atoms with van der Waals surface area (Å²) in [4.78, 5) is 2.55. The highest BCUT2D eigenvalue weighted by molar-refractivity contribution is 5.34. The molecule has 2 nitrogen and oxygen atoms in total. The molecule has 3 rings (SSSR count). The van der Waals surface area contributed by atoms with E-state index in [-0.39, 0.29) is 5.54 Å². The van der Waals surface area contributed by atoms with Crippen LogP contribution in [0.2, 0.25) is 0 Å². The number of fused-ring (bicyclic) bond motifs is 1.